The molecule has 0 fully saturated rings. The lowest BCUT2D eigenvalue weighted by Crippen LogP contribution is -2.17. The molecule has 168 valence electrons. The Bertz CT molecular complexity index is 1290. The van der Waals surface area contributed by atoms with Gasteiger partial charge < -0.3 is 5.32 Å². The van der Waals surface area contributed by atoms with Gasteiger partial charge in [0.2, 0.25) is 0 Å². The monoisotopic (exact) mass is 486 g/mol. The minimum Gasteiger partial charge on any atom is -0.319 e. The second-order valence-electron chi connectivity index (χ2n) is 6.76. The maximum absolute atomic E-state index is 13.9. The maximum atomic E-state index is 13.9. The van der Waals surface area contributed by atoms with E-state index in [0.717, 1.165) is 42.5 Å². The third-order valence-electron chi connectivity index (χ3n) is 4.30. The average molecular weight is 487 g/mol. The maximum Gasteiger partial charge on any atom is 0.416 e. The Morgan fingerprint density at radius 2 is 1.72 bits per heavy atom. The molecule has 0 aliphatic rings. The summed E-state index contributed by atoms with van der Waals surface area (Å²) in [6, 6.07) is 10.9. The van der Waals surface area contributed by atoms with E-state index in [1.54, 1.807) is 6.92 Å². The van der Waals surface area contributed by atoms with Gasteiger partial charge in [-0.2, -0.15) is 13.2 Å². The highest BCUT2D eigenvalue weighted by Gasteiger charge is 2.31. The van der Waals surface area contributed by atoms with Gasteiger partial charge in [-0.15, -0.1) is 0 Å². The second-order valence-corrected chi connectivity index (χ2v) is 8.85. The molecular formula is C21H15ClF4N2O3S. The van der Waals surface area contributed by atoms with Crippen molar-refractivity contribution in [2.24, 2.45) is 0 Å². The molecule has 0 saturated heterocycles. The topological polar surface area (TPSA) is 75.3 Å². The summed E-state index contributed by atoms with van der Waals surface area (Å²) in [6.45, 7) is 1.69. The molecule has 2 N–H and O–H groups in total. The summed E-state index contributed by atoms with van der Waals surface area (Å²) in [5, 5.41) is 2.22. The fourth-order valence-electron chi connectivity index (χ4n) is 2.74. The molecule has 0 heterocycles. The van der Waals surface area contributed by atoms with E-state index in [-0.39, 0.29) is 22.0 Å². The number of halogens is 5. The number of carbonyl (C=O) groups is 1. The van der Waals surface area contributed by atoms with Crippen molar-refractivity contribution in [1.82, 2.24) is 0 Å². The molecule has 0 aliphatic carbocycles. The fourth-order valence-corrected chi connectivity index (χ4v) is 4.02. The minimum absolute atomic E-state index is 0.103. The Kier molecular flexibility index (Phi) is 6.47. The summed E-state index contributed by atoms with van der Waals surface area (Å²) in [5.74, 6) is -1.56. The van der Waals surface area contributed by atoms with Crippen LogP contribution in [-0.4, -0.2) is 14.3 Å². The number of sulfonamides is 1. The number of anilines is 2. The van der Waals surface area contributed by atoms with Crippen LogP contribution < -0.4 is 10.0 Å². The molecule has 3 aromatic carbocycles. The zero-order valence-corrected chi connectivity index (χ0v) is 17.9. The fraction of sp³-hybridized carbons (Fsp3) is 0.0952. The Labute approximate surface area is 186 Å². The van der Waals surface area contributed by atoms with Crippen LogP contribution in [0.1, 0.15) is 21.5 Å². The van der Waals surface area contributed by atoms with Crippen molar-refractivity contribution >= 4 is 38.9 Å². The van der Waals surface area contributed by atoms with Gasteiger partial charge in [0.1, 0.15) is 5.82 Å². The van der Waals surface area contributed by atoms with Crippen molar-refractivity contribution in [2.45, 2.75) is 18.0 Å². The predicted molar refractivity (Wildman–Crippen MR) is 113 cm³/mol. The van der Waals surface area contributed by atoms with Crippen molar-refractivity contribution in [2.75, 3.05) is 10.0 Å². The van der Waals surface area contributed by atoms with Crippen LogP contribution in [0.2, 0.25) is 5.02 Å². The Morgan fingerprint density at radius 3 is 2.41 bits per heavy atom. The Balaban J connectivity index is 1.90. The van der Waals surface area contributed by atoms with E-state index in [4.69, 9.17) is 11.6 Å². The average Bonchev–Trinajstić information content (AvgIpc) is 2.70. The largest absolute Gasteiger partial charge is 0.416 e. The van der Waals surface area contributed by atoms with Crippen LogP contribution in [0.15, 0.2) is 65.6 Å². The number of hydrogen-bond acceptors (Lipinski definition) is 3. The van der Waals surface area contributed by atoms with E-state index in [2.05, 4.69) is 5.32 Å². The zero-order chi connectivity index (χ0) is 23.7. The Hall–Kier alpha value is -3.11. The van der Waals surface area contributed by atoms with E-state index >= 15 is 0 Å². The standard InChI is InChI=1S/C21H15ClF4N2O3S/c1-12-5-8-18(23)19(9-12)27-20(29)16-11-15(6-7-17(16)22)32(30,31)28-14-4-2-3-13(10-14)21(24,25)26/h2-11,28H,1H3,(H,27,29). The highest BCUT2D eigenvalue weighted by Crippen LogP contribution is 2.31. The molecule has 3 rings (SSSR count). The van der Waals surface area contributed by atoms with Gasteiger partial charge in [0, 0.05) is 5.69 Å². The molecule has 32 heavy (non-hydrogen) atoms. The van der Waals surface area contributed by atoms with Crippen LogP contribution in [0.4, 0.5) is 28.9 Å². The van der Waals surface area contributed by atoms with E-state index in [1.165, 1.54) is 12.1 Å². The number of nitrogens with one attached hydrogen (secondary N) is 2. The van der Waals surface area contributed by atoms with Crippen LogP contribution in [0, 0.1) is 12.7 Å². The lowest BCUT2D eigenvalue weighted by atomic mass is 10.2. The molecule has 0 unspecified atom stereocenters. The van der Waals surface area contributed by atoms with E-state index in [0.29, 0.717) is 11.6 Å². The quantitative estimate of drug-likeness (QED) is 0.444. The highest BCUT2D eigenvalue weighted by molar-refractivity contribution is 7.92. The van der Waals surface area contributed by atoms with Crippen molar-refractivity contribution in [3.05, 3.63) is 88.2 Å². The normalized spacial score (nSPS) is 11.8. The smallest absolute Gasteiger partial charge is 0.319 e. The van der Waals surface area contributed by atoms with Crippen molar-refractivity contribution in [3.8, 4) is 0 Å². The van der Waals surface area contributed by atoms with Gasteiger partial charge in [0.25, 0.3) is 15.9 Å². The second kappa shape index (κ2) is 8.79. The summed E-state index contributed by atoms with van der Waals surface area (Å²) in [4.78, 5) is 12.2. The first-order chi connectivity index (χ1) is 14.9. The first kappa shape index (κ1) is 23.6. The van der Waals surface area contributed by atoms with Crippen LogP contribution in [0.25, 0.3) is 0 Å². The SMILES string of the molecule is Cc1ccc(F)c(NC(=O)c2cc(S(=O)(=O)Nc3cccc(C(F)(F)F)c3)ccc2Cl)c1. The summed E-state index contributed by atoms with van der Waals surface area (Å²) in [7, 11) is -4.37. The summed E-state index contributed by atoms with van der Waals surface area (Å²) in [5.41, 5.74) is -1.06. The molecule has 0 atom stereocenters. The number of alkyl halides is 3. The summed E-state index contributed by atoms with van der Waals surface area (Å²) < 4.78 is 80.0. The first-order valence-corrected chi connectivity index (χ1v) is 10.8. The first-order valence-electron chi connectivity index (χ1n) is 8.94. The molecule has 11 heteroatoms. The van der Waals surface area contributed by atoms with Crippen LogP contribution in [0.5, 0.6) is 0 Å². The van der Waals surface area contributed by atoms with Crippen LogP contribution in [0.3, 0.4) is 0 Å². The number of hydrogen-bond donors (Lipinski definition) is 2. The molecular weight excluding hydrogens is 472 g/mol. The van der Waals surface area contributed by atoms with Crippen molar-refractivity contribution in [3.63, 3.8) is 0 Å². The highest BCUT2D eigenvalue weighted by atomic mass is 35.5. The Morgan fingerprint density at radius 1 is 1.00 bits per heavy atom. The molecule has 5 nitrogen and oxygen atoms in total. The number of carbonyl (C=O) groups excluding carboxylic acids is 1. The van der Waals surface area contributed by atoms with Gasteiger partial charge in [-0.3, -0.25) is 9.52 Å². The van der Waals surface area contributed by atoms with E-state index in [9.17, 15) is 30.8 Å². The number of rotatable bonds is 5. The molecule has 0 radical (unpaired) electrons. The molecule has 1 amide bonds. The van der Waals surface area contributed by atoms with Crippen molar-refractivity contribution < 1.29 is 30.8 Å². The van der Waals surface area contributed by atoms with Gasteiger partial charge >= 0.3 is 6.18 Å². The van der Waals surface area contributed by atoms with Crippen molar-refractivity contribution in [1.29, 1.82) is 0 Å². The molecule has 0 spiro atoms. The van der Waals surface area contributed by atoms with Gasteiger partial charge in [0.15, 0.2) is 0 Å². The number of amides is 1. The third-order valence-corrected chi connectivity index (χ3v) is 6.01. The summed E-state index contributed by atoms with van der Waals surface area (Å²) >= 11 is 6.01. The van der Waals surface area contributed by atoms with Crippen LogP contribution >= 0.6 is 11.6 Å². The molecule has 0 aromatic heterocycles. The van der Waals surface area contributed by atoms with Gasteiger partial charge in [-0.25, -0.2) is 12.8 Å². The molecule has 3 aromatic rings. The predicted octanol–water partition coefficient (Wildman–Crippen LogP) is 5.86. The number of aryl methyl sites for hydroxylation is 1. The number of benzene rings is 3. The molecule has 0 aliphatic heterocycles. The lowest BCUT2D eigenvalue weighted by molar-refractivity contribution is -0.137. The van der Waals surface area contributed by atoms with E-state index < -0.39 is 38.4 Å². The van der Waals surface area contributed by atoms with Gasteiger partial charge in [0.05, 0.1) is 26.7 Å². The van der Waals surface area contributed by atoms with Gasteiger partial charge in [-0.1, -0.05) is 23.7 Å². The molecule has 0 saturated carbocycles. The minimum atomic E-state index is -4.65. The summed E-state index contributed by atoms with van der Waals surface area (Å²) in [6.07, 6.45) is -4.65. The third kappa shape index (κ3) is 5.38. The lowest BCUT2D eigenvalue weighted by Gasteiger charge is -2.13. The zero-order valence-electron chi connectivity index (χ0n) is 16.3. The van der Waals surface area contributed by atoms with E-state index in [1.807, 2.05) is 4.72 Å². The molecule has 0 bridgehead atoms. The van der Waals surface area contributed by atoms with Crippen LogP contribution in [-0.2, 0) is 16.2 Å². The van der Waals surface area contributed by atoms with Gasteiger partial charge in [-0.05, 0) is 61.0 Å².